The quantitative estimate of drug-likeness (QED) is 0.771. The fourth-order valence-corrected chi connectivity index (χ4v) is 1.80. The number of halogens is 1. The van der Waals surface area contributed by atoms with Gasteiger partial charge in [-0.1, -0.05) is 6.07 Å². The van der Waals surface area contributed by atoms with Crippen molar-refractivity contribution in [3.8, 4) is 0 Å². The van der Waals surface area contributed by atoms with E-state index in [4.69, 9.17) is 4.74 Å². The number of rotatable bonds is 1. The lowest BCUT2D eigenvalue weighted by Crippen LogP contribution is -2.59. The van der Waals surface area contributed by atoms with Gasteiger partial charge in [0.2, 0.25) is 0 Å². The van der Waals surface area contributed by atoms with Gasteiger partial charge in [-0.3, -0.25) is 4.98 Å². The molecule has 1 fully saturated rings. The molecule has 1 aliphatic heterocycles. The molecule has 2 heterocycles. The number of hydrogen-bond donors (Lipinski definition) is 0. The summed E-state index contributed by atoms with van der Waals surface area (Å²) in [7, 11) is 0. The highest BCUT2D eigenvalue weighted by molar-refractivity contribution is 5.69. The first-order chi connectivity index (χ1) is 8.30. The number of pyridine rings is 1. The first-order valence-electron chi connectivity index (χ1n) is 5.89. The number of aromatic nitrogens is 1. The Morgan fingerprint density at radius 3 is 2.61 bits per heavy atom. The average molecular weight is 252 g/mol. The standard InChI is InChI=1S/C13H17FN2O2/c1-12(2,3)18-11(17)16-8-13(14,9-16)10-6-4-5-7-15-10/h4-7H,8-9H2,1-3H3. The van der Waals surface area contributed by atoms with E-state index in [9.17, 15) is 9.18 Å². The second-order valence-corrected chi connectivity index (χ2v) is 5.52. The van der Waals surface area contributed by atoms with Crippen molar-refractivity contribution in [2.45, 2.75) is 32.0 Å². The molecular formula is C13H17FN2O2. The molecule has 0 aliphatic carbocycles. The molecule has 98 valence electrons. The molecule has 1 aromatic heterocycles. The van der Waals surface area contributed by atoms with Crippen molar-refractivity contribution >= 4 is 6.09 Å². The third-order valence-electron chi connectivity index (χ3n) is 2.66. The fraction of sp³-hybridized carbons (Fsp3) is 0.538. The maximum absolute atomic E-state index is 14.4. The highest BCUT2D eigenvalue weighted by atomic mass is 19.1. The van der Waals surface area contributed by atoms with E-state index in [2.05, 4.69) is 4.98 Å². The van der Waals surface area contributed by atoms with Crippen LogP contribution in [0.15, 0.2) is 24.4 Å². The summed E-state index contributed by atoms with van der Waals surface area (Å²) >= 11 is 0. The molecule has 1 aliphatic rings. The zero-order valence-electron chi connectivity index (χ0n) is 10.8. The van der Waals surface area contributed by atoms with E-state index in [1.807, 2.05) is 0 Å². The second kappa shape index (κ2) is 4.23. The van der Waals surface area contributed by atoms with Gasteiger partial charge in [-0.25, -0.2) is 9.18 Å². The molecule has 1 aromatic rings. The number of ether oxygens (including phenoxy) is 1. The number of carbonyl (C=O) groups is 1. The van der Waals surface area contributed by atoms with Crippen LogP contribution in [0.3, 0.4) is 0 Å². The van der Waals surface area contributed by atoms with Crippen molar-refractivity contribution in [2.75, 3.05) is 13.1 Å². The van der Waals surface area contributed by atoms with Crippen LogP contribution in [-0.4, -0.2) is 34.7 Å². The molecule has 5 heteroatoms. The molecule has 0 N–H and O–H groups in total. The summed E-state index contributed by atoms with van der Waals surface area (Å²) in [5, 5.41) is 0. The molecule has 0 aromatic carbocycles. The molecular weight excluding hydrogens is 235 g/mol. The van der Waals surface area contributed by atoms with Crippen molar-refractivity contribution in [1.82, 2.24) is 9.88 Å². The van der Waals surface area contributed by atoms with Crippen molar-refractivity contribution in [3.05, 3.63) is 30.1 Å². The number of hydrogen-bond acceptors (Lipinski definition) is 3. The monoisotopic (exact) mass is 252 g/mol. The molecule has 18 heavy (non-hydrogen) atoms. The maximum atomic E-state index is 14.4. The van der Waals surface area contributed by atoms with Crippen LogP contribution in [0.2, 0.25) is 0 Å². The predicted molar refractivity (Wildman–Crippen MR) is 64.8 cm³/mol. The van der Waals surface area contributed by atoms with Crippen LogP contribution in [0.1, 0.15) is 26.5 Å². The zero-order chi connectivity index (χ0) is 13.4. The minimum atomic E-state index is -1.54. The topological polar surface area (TPSA) is 42.4 Å². The lowest BCUT2D eigenvalue weighted by atomic mass is 9.92. The van der Waals surface area contributed by atoms with E-state index in [1.54, 1.807) is 45.2 Å². The Bertz CT molecular complexity index is 436. The van der Waals surface area contributed by atoms with E-state index >= 15 is 0 Å². The molecule has 1 saturated heterocycles. The van der Waals surface area contributed by atoms with Gasteiger partial charge in [-0.05, 0) is 32.9 Å². The van der Waals surface area contributed by atoms with Crippen molar-refractivity contribution in [1.29, 1.82) is 0 Å². The maximum Gasteiger partial charge on any atom is 0.410 e. The Balaban J connectivity index is 1.96. The summed E-state index contributed by atoms with van der Waals surface area (Å²) in [5.74, 6) is 0. The Morgan fingerprint density at radius 1 is 1.44 bits per heavy atom. The third-order valence-corrected chi connectivity index (χ3v) is 2.66. The summed E-state index contributed by atoms with van der Waals surface area (Å²) in [4.78, 5) is 17.0. The highest BCUT2D eigenvalue weighted by Gasteiger charge is 2.49. The summed E-state index contributed by atoms with van der Waals surface area (Å²) in [6.07, 6.45) is 1.07. The summed E-state index contributed by atoms with van der Waals surface area (Å²) in [6, 6.07) is 5.10. The number of amides is 1. The Kier molecular flexibility index (Phi) is 3.00. The minimum Gasteiger partial charge on any atom is -0.444 e. The van der Waals surface area contributed by atoms with Crippen LogP contribution < -0.4 is 0 Å². The molecule has 1 amide bonds. The van der Waals surface area contributed by atoms with Gasteiger partial charge >= 0.3 is 6.09 Å². The van der Waals surface area contributed by atoms with Crippen LogP contribution in [0.5, 0.6) is 0 Å². The van der Waals surface area contributed by atoms with Crippen LogP contribution >= 0.6 is 0 Å². The van der Waals surface area contributed by atoms with Gasteiger partial charge < -0.3 is 9.64 Å². The van der Waals surface area contributed by atoms with Crippen LogP contribution in [-0.2, 0) is 10.4 Å². The van der Waals surface area contributed by atoms with Crippen molar-refractivity contribution in [3.63, 3.8) is 0 Å². The molecule has 0 saturated carbocycles. The number of likely N-dealkylation sites (tertiary alicyclic amines) is 1. The summed E-state index contributed by atoms with van der Waals surface area (Å²) in [6.45, 7) is 5.35. The van der Waals surface area contributed by atoms with E-state index in [1.165, 1.54) is 4.90 Å². The predicted octanol–water partition coefficient (Wildman–Crippen LogP) is 2.50. The number of alkyl halides is 1. The van der Waals surface area contributed by atoms with Gasteiger partial charge in [0.05, 0.1) is 18.8 Å². The van der Waals surface area contributed by atoms with Crippen LogP contribution in [0.4, 0.5) is 9.18 Å². The van der Waals surface area contributed by atoms with E-state index < -0.39 is 17.4 Å². The smallest absolute Gasteiger partial charge is 0.410 e. The molecule has 0 bridgehead atoms. The SMILES string of the molecule is CC(C)(C)OC(=O)N1CC(F)(c2ccccn2)C1. The Morgan fingerprint density at radius 2 is 2.11 bits per heavy atom. The van der Waals surface area contributed by atoms with Gasteiger partial charge in [-0.15, -0.1) is 0 Å². The van der Waals surface area contributed by atoms with Crippen LogP contribution in [0.25, 0.3) is 0 Å². The normalized spacial score (nSPS) is 18.1. The zero-order valence-corrected chi connectivity index (χ0v) is 10.8. The van der Waals surface area contributed by atoms with E-state index in [0.717, 1.165) is 0 Å². The number of carbonyl (C=O) groups excluding carboxylic acids is 1. The van der Waals surface area contributed by atoms with Gasteiger partial charge in [0.25, 0.3) is 0 Å². The lowest BCUT2D eigenvalue weighted by Gasteiger charge is -2.43. The molecule has 2 rings (SSSR count). The highest BCUT2D eigenvalue weighted by Crippen LogP contribution is 2.35. The number of nitrogens with zero attached hydrogens (tertiary/aromatic N) is 2. The molecule has 0 radical (unpaired) electrons. The minimum absolute atomic E-state index is 0.00106. The molecule has 4 nitrogen and oxygen atoms in total. The summed E-state index contributed by atoms with van der Waals surface area (Å²) < 4.78 is 19.5. The first kappa shape index (κ1) is 12.8. The largest absolute Gasteiger partial charge is 0.444 e. The van der Waals surface area contributed by atoms with Crippen molar-refractivity contribution < 1.29 is 13.9 Å². The Hall–Kier alpha value is -1.65. The van der Waals surface area contributed by atoms with E-state index in [-0.39, 0.29) is 13.1 Å². The summed E-state index contributed by atoms with van der Waals surface area (Å²) in [5.41, 5.74) is -1.74. The van der Waals surface area contributed by atoms with Gasteiger partial charge in [0, 0.05) is 6.20 Å². The van der Waals surface area contributed by atoms with Crippen LogP contribution in [0, 0.1) is 0 Å². The first-order valence-corrected chi connectivity index (χ1v) is 5.89. The molecule has 0 spiro atoms. The molecule has 0 atom stereocenters. The Labute approximate surface area is 106 Å². The van der Waals surface area contributed by atoms with E-state index in [0.29, 0.717) is 5.69 Å². The second-order valence-electron chi connectivity index (χ2n) is 5.52. The van der Waals surface area contributed by atoms with Crippen molar-refractivity contribution in [2.24, 2.45) is 0 Å². The lowest BCUT2D eigenvalue weighted by molar-refractivity contribution is -0.0556. The molecule has 0 unspecified atom stereocenters. The van der Waals surface area contributed by atoms with Gasteiger partial charge in [0.15, 0.2) is 5.67 Å². The third kappa shape index (κ3) is 2.60. The van der Waals surface area contributed by atoms with Gasteiger partial charge in [0.1, 0.15) is 5.60 Å². The van der Waals surface area contributed by atoms with Gasteiger partial charge in [-0.2, -0.15) is 0 Å². The average Bonchev–Trinajstić information content (AvgIpc) is 2.23. The fourth-order valence-electron chi connectivity index (χ4n) is 1.80.